The minimum Gasteiger partial charge on any atom is -0.494 e. The second-order valence-electron chi connectivity index (χ2n) is 11.5. The zero-order chi connectivity index (χ0) is 26.3. The minimum absolute atomic E-state index is 0.626. The average Bonchev–Trinajstić information content (AvgIpc) is 3.78. The smallest absolute Gasteiger partial charge is 0.227 e. The van der Waals surface area contributed by atoms with Gasteiger partial charge in [0, 0.05) is 37.3 Å². The molecule has 39 heavy (non-hydrogen) atoms. The van der Waals surface area contributed by atoms with E-state index in [1.54, 1.807) is 0 Å². The molecule has 7 nitrogen and oxygen atoms in total. The van der Waals surface area contributed by atoms with E-state index in [4.69, 9.17) is 13.9 Å². The van der Waals surface area contributed by atoms with Crippen molar-refractivity contribution in [1.82, 2.24) is 19.7 Å². The molecule has 0 aliphatic carbocycles. The van der Waals surface area contributed by atoms with Crippen molar-refractivity contribution in [1.29, 1.82) is 0 Å². The van der Waals surface area contributed by atoms with Crippen molar-refractivity contribution in [3.63, 3.8) is 0 Å². The first-order valence-corrected chi connectivity index (χ1v) is 15.3. The largest absolute Gasteiger partial charge is 0.494 e. The van der Waals surface area contributed by atoms with E-state index < -0.39 is 0 Å². The molecule has 3 aliphatic rings. The van der Waals surface area contributed by atoms with Crippen LogP contribution in [0.15, 0.2) is 46.9 Å². The molecule has 3 fully saturated rings. The third-order valence-electron chi connectivity index (χ3n) is 8.57. The van der Waals surface area contributed by atoms with Gasteiger partial charge >= 0.3 is 0 Å². The molecular weight excluding hydrogens is 488 g/mol. The Hall–Kier alpha value is -2.61. The lowest BCUT2D eigenvalue weighted by atomic mass is 10.2. The van der Waals surface area contributed by atoms with Gasteiger partial charge in [0.2, 0.25) is 5.89 Å². The van der Waals surface area contributed by atoms with E-state index in [2.05, 4.69) is 19.7 Å². The molecule has 3 saturated heterocycles. The number of benzene rings is 2. The lowest BCUT2D eigenvalue weighted by Gasteiger charge is -2.28. The summed E-state index contributed by atoms with van der Waals surface area (Å²) in [7, 11) is 0. The fraction of sp³-hybridized carbons (Fsp3) is 0.594. The number of likely N-dealkylation sites (tertiary alicyclic amines) is 3. The summed E-state index contributed by atoms with van der Waals surface area (Å²) >= 11 is 0. The molecule has 4 heterocycles. The van der Waals surface area contributed by atoms with Gasteiger partial charge in [-0.05, 0) is 120 Å². The molecule has 0 spiro atoms. The molecule has 0 radical (unpaired) electrons. The van der Waals surface area contributed by atoms with E-state index in [0.29, 0.717) is 5.89 Å². The van der Waals surface area contributed by atoms with Gasteiger partial charge in [0.15, 0.2) is 5.58 Å². The van der Waals surface area contributed by atoms with Crippen LogP contribution in [0.25, 0.3) is 22.6 Å². The molecule has 7 heteroatoms. The van der Waals surface area contributed by atoms with Crippen LogP contribution in [-0.4, -0.2) is 91.3 Å². The number of hydrogen-bond acceptors (Lipinski definition) is 7. The summed E-state index contributed by atoms with van der Waals surface area (Å²) in [6.07, 6.45) is 10.2. The van der Waals surface area contributed by atoms with Crippen LogP contribution >= 0.6 is 0 Å². The molecule has 0 saturated carbocycles. The maximum atomic E-state index is 6.09. The topological polar surface area (TPSA) is 54.2 Å². The highest BCUT2D eigenvalue weighted by molar-refractivity contribution is 5.77. The summed E-state index contributed by atoms with van der Waals surface area (Å²) in [5.41, 5.74) is 2.56. The van der Waals surface area contributed by atoms with Crippen LogP contribution in [-0.2, 0) is 0 Å². The number of rotatable bonds is 13. The Morgan fingerprint density at radius 3 is 2.23 bits per heavy atom. The van der Waals surface area contributed by atoms with Gasteiger partial charge in [-0.25, -0.2) is 4.98 Å². The van der Waals surface area contributed by atoms with Crippen LogP contribution in [0.4, 0.5) is 0 Å². The first kappa shape index (κ1) is 26.6. The van der Waals surface area contributed by atoms with E-state index in [9.17, 15) is 0 Å². The summed E-state index contributed by atoms with van der Waals surface area (Å²) in [5.74, 6) is 2.36. The van der Waals surface area contributed by atoms with E-state index in [-0.39, 0.29) is 0 Å². The molecular formula is C32H44N4O3. The molecule has 1 aromatic heterocycles. The standard InChI is InChI=1S/C32H44N4O3/c1-2-16-34(15-1)19-6-22-38-29-13-14-30-31(24-29)39-32(33-30)26-9-11-28(12-10-26)37-23-7-21-36-20-5-8-27(36)25-35-17-3-4-18-35/h9-14,24,27H,1-8,15-23,25H2/t27-/m0/s1. The average molecular weight is 533 g/mol. The molecule has 0 unspecified atom stereocenters. The number of nitrogens with zero attached hydrogens (tertiary/aromatic N) is 4. The minimum atomic E-state index is 0.626. The Labute approximate surface area is 233 Å². The van der Waals surface area contributed by atoms with E-state index in [1.807, 2.05) is 42.5 Å². The summed E-state index contributed by atoms with van der Waals surface area (Å²) in [6, 6.07) is 14.8. The Morgan fingerprint density at radius 2 is 1.44 bits per heavy atom. The highest BCUT2D eigenvalue weighted by atomic mass is 16.5. The van der Waals surface area contributed by atoms with Crippen LogP contribution in [0.2, 0.25) is 0 Å². The third-order valence-corrected chi connectivity index (χ3v) is 8.57. The predicted octanol–water partition coefficient (Wildman–Crippen LogP) is 5.69. The zero-order valence-electron chi connectivity index (χ0n) is 23.4. The van der Waals surface area contributed by atoms with Gasteiger partial charge < -0.3 is 23.7 Å². The SMILES string of the molecule is c1cc2nc(-c3ccc(OCCCN4CCC[C@H]4CN4CCCC4)cc3)oc2cc1OCCCN1CCCC1. The van der Waals surface area contributed by atoms with Crippen LogP contribution < -0.4 is 9.47 Å². The van der Waals surface area contributed by atoms with Gasteiger partial charge in [-0.3, -0.25) is 4.90 Å². The van der Waals surface area contributed by atoms with Crippen molar-refractivity contribution < 1.29 is 13.9 Å². The second-order valence-corrected chi connectivity index (χ2v) is 11.5. The van der Waals surface area contributed by atoms with E-state index in [0.717, 1.165) is 73.3 Å². The van der Waals surface area contributed by atoms with Crippen LogP contribution in [0.1, 0.15) is 51.4 Å². The number of oxazole rings is 1. The Morgan fingerprint density at radius 1 is 0.744 bits per heavy atom. The lowest BCUT2D eigenvalue weighted by Crippen LogP contribution is -2.40. The van der Waals surface area contributed by atoms with Crippen molar-refractivity contribution in [2.75, 3.05) is 65.6 Å². The number of hydrogen-bond donors (Lipinski definition) is 0. The van der Waals surface area contributed by atoms with Gasteiger partial charge in [-0.15, -0.1) is 0 Å². The monoisotopic (exact) mass is 532 g/mol. The quantitative estimate of drug-likeness (QED) is 0.262. The normalized spacial score (nSPS) is 20.9. The lowest BCUT2D eigenvalue weighted by molar-refractivity contribution is 0.178. The van der Waals surface area contributed by atoms with Gasteiger partial charge in [-0.1, -0.05) is 0 Å². The van der Waals surface area contributed by atoms with E-state index in [1.165, 1.54) is 77.8 Å². The molecule has 0 amide bonds. The first-order chi connectivity index (χ1) is 19.3. The van der Waals surface area contributed by atoms with Gasteiger partial charge in [-0.2, -0.15) is 0 Å². The highest BCUT2D eigenvalue weighted by Gasteiger charge is 2.26. The summed E-state index contributed by atoms with van der Waals surface area (Å²) in [5, 5.41) is 0. The van der Waals surface area contributed by atoms with Crippen molar-refractivity contribution in [2.45, 2.75) is 57.4 Å². The van der Waals surface area contributed by atoms with Crippen LogP contribution in [0.5, 0.6) is 11.5 Å². The maximum absolute atomic E-state index is 6.09. The first-order valence-electron chi connectivity index (χ1n) is 15.3. The Kier molecular flexibility index (Phi) is 8.98. The molecule has 1 atom stereocenters. The van der Waals surface area contributed by atoms with Crippen LogP contribution in [0, 0.1) is 0 Å². The second kappa shape index (κ2) is 13.2. The number of fused-ring (bicyclic) bond motifs is 1. The Balaban J connectivity index is 0.948. The third kappa shape index (κ3) is 7.13. The van der Waals surface area contributed by atoms with Gasteiger partial charge in [0.05, 0.1) is 13.2 Å². The van der Waals surface area contributed by atoms with Crippen molar-refractivity contribution in [3.05, 3.63) is 42.5 Å². The Bertz CT molecular complexity index is 1170. The van der Waals surface area contributed by atoms with Crippen molar-refractivity contribution >= 4 is 11.1 Å². The summed E-state index contributed by atoms with van der Waals surface area (Å²) in [6.45, 7) is 11.3. The predicted molar refractivity (Wildman–Crippen MR) is 156 cm³/mol. The maximum Gasteiger partial charge on any atom is 0.227 e. The van der Waals surface area contributed by atoms with Gasteiger partial charge in [0.1, 0.15) is 17.0 Å². The molecule has 6 rings (SSSR count). The number of ether oxygens (including phenoxy) is 2. The zero-order valence-corrected chi connectivity index (χ0v) is 23.4. The van der Waals surface area contributed by atoms with Crippen molar-refractivity contribution in [3.8, 4) is 23.0 Å². The molecule has 0 bridgehead atoms. The summed E-state index contributed by atoms with van der Waals surface area (Å²) in [4.78, 5) is 12.5. The fourth-order valence-electron chi connectivity index (χ4n) is 6.41. The highest BCUT2D eigenvalue weighted by Crippen LogP contribution is 2.28. The fourth-order valence-corrected chi connectivity index (χ4v) is 6.41. The number of aromatic nitrogens is 1. The van der Waals surface area contributed by atoms with Gasteiger partial charge in [0.25, 0.3) is 0 Å². The molecule has 210 valence electrons. The molecule has 0 N–H and O–H groups in total. The summed E-state index contributed by atoms with van der Waals surface area (Å²) < 4.78 is 18.1. The molecule has 3 aromatic rings. The van der Waals surface area contributed by atoms with E-state index >= 15 is 0 Å². The molecule has 2 aromatic carbocycles. The molecule has 3 aliphatic heterocycles. The van der Waals surface area contributed by atoms with Crippen LogP contribution in [0.3, 0.4) is 0 Å². The van der Waals surface area contributed by atoms with Crippen molar-refractivity contribution in [2.24, 2.45) is 0 Å².